The second-order valence-electron chi connectivity index (χ2n) is 5.26. The number of hydrogen-bond acceptors (Lipinski definition) is 4. The minimum Gasteiger partial charge on any atom is -0.481 e. The average molecular weight is 362 g/mol. The first-order valence-electron chi connectivity index (χ1n) is 7.31. The Morgan fingerprint density at radius 3 is 2.40 bits per heavy atom. The summed E-state index contributed by atoms with van der Waals surface area (Å²) in [4.78, 5) is 10.6. The molecule has 0 amide bonds. The number of guanidine groups is 1. The standard InChI is InChI=1S/C16H18N4O4S/c17-16(18)19-13-2-1-3-14(10-13)25(23,24)20-12-7-4-11(5-8-12)6-9-15(21)22/h1-5,7-8,10,20H,6,9H2,(H,21,22)(H4,17,18,19). The van der Waals surface area contributed by atoms with Crippen molar-refractivity contribution >= 4 is 33.3 Å². The Bertz CT molecular complexity index is 879. The molecule has 0 bridgehead atoms. The normalized spacial score (nSPS) is 10.9. The van der Waals surface area contributed by atoms with Gasteiger partial charge in [-0.2, -0.15) is 0 Å². The molecule has 0 fully saturated rings. The monoisotopic (exact) mass is 362 g/mol. The molecule has 0 aliphatic heterocycles. The molecule has 2 aromatic rings. The number of nitrogens with one attached hydrogen (secondary N) is 3. The predicted octanol–water partition coefficient (Wildman–Crippen LogP) is 1.81. The van der Waals surface area contributed by atoms with E-state index in [9.17, 15) is 13.2 Å². The van der Waals surface area contributed by atoms with Gasteiger partial charge < -0.3 is 16.2 Å². The van der Waals surface area contributed by atoms with Crippen LogP contribution in [0.4, 0.5) is 11.4 Å². The van der Waals surface area contributed by atoms with E-state index in [0.717, 1.165) is 5.56 Å². The number of hydrogen-bond donors (Lipinski definition) is 5. The second-order valence-corrected chi connectivity index (χ2v) is 6.95. The summed E-state index contributed by atoms with van der Waals surface area (Å²) in [5.74, 6) is -1.18. The van der Waals surface area contributed by atoms with Gasteiger partial charge in [-0.25, -0.2) is 8.42 Å². The summed E-state index contributed by atoms with van der Waals surface area (Å²) in [7, 11) is -3.81. The molecule has 2 rings (SSSR count). The Labute approximate surface area is 145 Å². The van der Waals surface area contributed by atoms with Gasteiger partial charge in [0, 0.05) is 17.8 Å². The Balaban J connectivity index is 2.13. The third kappa shape index (κ3) is 5.50. The topological polar surface area (TPSA) is 145 Å². The molecule has 0 aromatic heterocycles. The van der Waals surface area contributed by atoms with Crippen molar-refractivity contribution in [3.05, 3.63) is 54.1 Å². The van der Waals surface area contributed by atoms with Crippen LogP contribution in [0.2, 0.25) is 0 Å². The minimum atomic E-state index is -3.81. The van der Waals surface area contributed by atoms with Gasteiger partial charge in [0.1, 0.15) is 0 Å². The largest absolute Gasteiger partial charge is 0.481 e. The van der Waals surface area contributed by atoms with E-state index in [1.54, 1.807) is 30.3 Å². The first-order chi connectivity index (χ1) is 11.8. The zero-order valence-corrected chi connectivity index (χ0v) is 14.0. The Morgan fingerprint density at radius 1 is 1.12 bits per heavy atom. The van der Waals surface area contributed by atoms with Crippen LogP contribution in [0, 0.1) is 5.41 Å². The molecule has 0 spiro atoms. The summed E-state index contributed by atoms with van der Waals surface area (Å²) in [6, 6.07) is 12.4. The van der Waals surface area contributed by atoms with E-state index < -0.39 is 16.0 Å². The molecule has 9 heteroatoms. The number of carbonyl (C=O) groups is 1. The van der Waals surface area contributed by atoms with E-state index in [1.165, 1.54) is 18.2 Å². The average Bonchev–Trinajstić information content (AvgIpc) is 2.53. The third-order valence-electron chi connectivity index (χ3n) is 3.26. The van der Waals surface area contributed by atoms with Crippen molar-refractivity contribution in [3.63, 3.8) is 0 Å². The van der Waals surface area contributed by atoms with E-state index >= 15 is 0 Å². The number of aliphatic carboxylic acids is 1. The maximum atomic E-state index is 12.4. The molecule has 0 aliphatic carbocycles. The fourth-order valence-corrected chi connectivity index (χ4v) is 3.21. The molecule has 132 valence electrons. The van der Waals surface area contributed by atoms with Crippen LogP contribution in [-0.2, 0) is 21.2 Å². The van der Waals surface area contributed by atoms with Crippen molar-refractivity contribution in [2.75, 3.05) is 10.0 Å². The Morgan fingerprint density at radius 2 is 1.80 bits per heavy atom. The van der Waals surface area contributed by atoms with Crippen molar-refractivity contribution in [2.24, 2.45) is 5.73 Å². The molecule has 25 heavy (non-hydrogen) atoms. The molecule has 8 nitrogen and oxygen atoms in total. The maximum Gasteiger partial charge on any atom is 0.303 e. The number of carboxylic acid groups (broad SMARTS) is 1. The van der Waals surface area contributed by atoms with Crippen molar-refractivity contribution < 1.29 is 18.3 Å². The van der Waals surface area contributed by atoms with Crippen molar-refractivity contribution in [2.45, 2.75) is 17.7 Å². The van der Waals surface area contributed by atoms with Gasteiger partial charge in [0.2, 0.25) is 0 Å². The molecule has 0 saturated carbocycles. The van der Waals surface area contributed by atoms with E-state index in [-0.39, 0.29) is 17.3 Å². The number of carboxylic acids is 1. The molecule has 0 heterocycles. The summed E-state index contributed by atoms with van der Waals surface area (Å²) in [6.07, 6.45) is 0.391. The number of aryl methyl sites for hydroxylation is 1. The van der Waals surface area contributed by atoms with E-state index in [4.69, 9.17) is 16.2 Å². The predicted molar refractivity (Wildman–Crippen MR) is 95.2 cm³/mol. The highest BCUT2D eigenvalue weighted by molar-refractivity contribution is 7.92. The summed E-state index contributed by atoms with van der Waals surface area (Å²) < 4.78 is 27.3. The van der Waals surface area contributed by atoms with Crippen molar-refractivity contribution in [3.8, 4) is 0 Å². The van der Waals surface area contributed by atoms with Gasteiger partial charge in [-0.05, 0) is 42.3 Å². The smallest absolute Gasteiger partial charge is 0.303 e. The molecule has 6 N–H and O–H groups in total. The van der Waals surface area contributed by atoms with Gasteiger partial charge in [-0.3, -0.25) is 14.9 Å². The number of rotatable bonds is 7. The van der Waals surface area contributed by atoms with E-state index in [2.05, 4.69) is 10.0 Å². The van der Waals surface area contributed by atoms with Crippen molar-refractivity contribution in [1.82, 2.24) is 0 Å². The van der Waals surface area contributed by atoms with Gasteiger partial charge in [0.15, 0.2) is 5.96 Å². The van der Waals surface area contributed by atoms with Crippen LogP contribution in [0.5, 0.6) is 0 Å². The first-order valence-corrected chi connectivity index (χ1v) is 8.79. The lowest BCUT2D eigenvalue weighted by Gasteiger charge is -2.10. The lowest BCUT2D eigenvalue weighted by Crippen LogP contribution is -2.20. The number of sulfonamides is 1. The summed E-state index contributed by atoms with van der Waals surface area (Å²) in [5, 5.41) is 18.4. The van der Waals surface area contributed by atoms with Crippen LogP contribution < -0.4 is 15.8 Å². The van der Waals surface area contributed by atoms with Gasteiger partial charge in [0.25, 0.3) is 10.0 Å². The SMILES string of the molecule is N=C(N)Nc1cccc(S(=O)(=O)Nc2ccc(CCC(=O)O)cc2)c1. The molecule has 0 radical (unpaired) electrons. The van der Waals surface area contributed by atoms with Crippen LogP contribution in [0.1, 0.15) is 12.0 Å². The first kappa shape index (κ1) is 18.3. The fourth-order valence-electron chi connectivity index (χ4n) is 2.10. The fraction of sp³-hybridized carbons (Fsp3) is 0.125. The highest BCUT2D eigenvalue weighted by Crippen LogP contribution is 2.20. The van der Waals surface area contributed by atoms with Crippen LogP contribution in [-0.4, -0.2) is 25.5 Å². The van der Waals surface area contributed by atoms with Gasteiger partial charge >= 0.3 is 5.97 Å². The summed E-state index contributed by atoms with van der Waals surface area (Å²) >= 11 is 0. The van der Waals surface area contributed by atoms with Crippen LogP contribution >= 0.6 is 0 Å². The molecule has 0 aliphatic rings. The molecular formula is C16H18N4O4S. The molecule has 0 atom stereocenters. The quantitative estimate of drug-likeness (QED) is 0.375. The Hall–Kier alpha value is -3.07. The van der Waals surface area contributed by atoms with E-state index in [1.807, 2.05) is 0 Å². The molecule has 2 aromatic carbocycles. The summed E-state index contributed by atoms with van der Waals surface area (Å²) in [5.41, 5.74) is 6.79. The molecule has 0 unspecified atom stereocenters. The molecular weight excluding hydrogens is 344 g/mol. The Kier molecular flexibility index (Phi) is 5.60. The van der Waals surface area contributed by atoms with E-state index in [0.29, 0.717) is 17.8 Å². The molecule has 0 saturated heterocycles. The minimum absolute atomic E-state index is 0.0149. The highest BCUT2D eigenvalue weighted by atomic mass is 32.2. The highest BCUT2D eigenvalue weighted by Gasteiger charge is 2.15. The van der Waals surface area contributed by atoms with Crippen LogP contribution in [0.25, 0.3) is 0 Å². The zero-order valence-electron chi connectivity index (χ0n) is 13.2. The van der Waals surface area contributed by atoms with Gasteiger partial charge in [-0.15, -0.1) is 0 Å². The third-order valence-corrected chi connectivity index (χ3v) is 4.64. The number of nitrogens with two attached hydrogens (primary N) is 1. The van der Waals surface area contributed by atoms with Crippen molar-refractivity contribution in [1.29, 1.82) is 5.41 Å². The van der Waals surface area contributed by atoms with Gasteiger partial charge in [-0.1, -0.05) is 18.2 Å². The maximum absolute atomic E-state index is 12.4. The van der Waals surface area contributed by atoms with Crippen LogP contribution in [0.15, 0.2) is 53.4 Å². The lowest BCUT2D eigenvalue weighted by atomic mass is 10.1. The summed E-state index contributed by atoms with van der Waals surface area (Å²) in [6.45, 7) is 0. The lowest BCUT2D eigenvalue weighted by molar-refractivity contribution is -0.136. The zero-order chi connectivity index (χ0) is 18.4. The number of anilines is 2. The van der Waals surface area contributed by atoms with Gasteiger partial charge in [0.05, 0.1) is 4.90 Å². The number of benzene rings is 2. The second kappa shape index (κ2) is 7.67. The van der Waals surface area contributed by atoms with Crippen LogP contribution in [0.3, 0.4) is 0 Å².